The van der Waals surface area contributed by atoms with Crippen LogP contribution < -0.4 is 10.6 Å². The molecule has 1 heterocycles. The lowest BCUT2D eigenvalue weighted by molar-refractivity contribution is -0.125. The van der Waals surface area contributed by atoms with Crippen molar-refractivity contribution in [2.45, 2.75) is 32.1 Å². The Labute approximate surface area is 138 Å². The second-order valence-electron chi connectivity index (χ2n) is 6.15. The fourth-order valence-electron chi connectivity index (χ4n) is 2.53. The van der Waals surface area contributed by atoms with Gasteiger partial charge in [0.2, 0.25) is 5.91 Å². The maximum Gasteiger partial charge on any atom is 0.224 e. The molecule has 1 aromatic carbocycles. The van der Waals surface area contributed by atoms with Crippen LogP contribution in [0.25, 0.3) is 0 Å². The van der Waals surface area contributed by atoms with Crippen LogP contribution in [0.4, 0.5) is 0 Å². The third-order valence-corrected chi connectivity index (χ3v) is 4.25. The SMILES string of the molecule is CC(C)(CNC(=O)C1CCCNC1)c1ccc(Cl)cc1.Cl. The first-order valence-corrected chi connectivity index (χ1v) is 7.61. The molecule has 1 saturated heterocycles. The molecule has 0 bridgehead atoms. The monoisotopic (exact) mass is 330 g/mol. The topological polar surface area (TPSA) is 41.1 Å². The molecule has 118 valence electrons. The molecular formula is C16H24Cl2N2O. The van der Waals surface area contributed by atoms with E-state index in [2.05, 4.69) is 24.5 Å². The Bertz CT molecular complexity index is 454. The molecule has 0 spiro atoms. The number of rotatable bonds is 4. The zero-order valence-corrected chi connectivity index (χ0v) is 14.2. The van der Waals surface area contributed by atoms with Crippen molar-refractivity contribution in [1.82, 2.24) is 10.6 Å². The van der Waals surface area contributed by atoms with Gasteiger partial charge in [-0.05, 0) is 37.1 Å². The van der Waals surface area contributed by atoms with Gasteiger partial charge >= 0.3 is 0 Å². The molecule has 2 N–H and O–H groups in total. The fourth-order valence-corrected chi connectivity index (χ4v) is 2.66. The molecule has 1 fully saturated rings. The lowest BCUT2D eigenvalue weighted by Gasteiger charge is -2.28. The van der Waals surface area contributed by atoms with E-state index in [1.807, 2.05) is 24.3 Å². The maximum atomic E-state index is 12.2. The second-order valence-corrected chi connectivity index (χ2v) is 6.59. The summed E-state index contributed by atoms with van der Waals surface area (Å²) < 4.78 is 0. The largest absolute Gasteiger partial charge is 0.355 e. The van der Waals surface area contributed by atoms with Gasteiger partial charge in [-0.25, -0.2) is 0 Å². The van der Waals surface area contributed by atoms with Gasteiger partial charge in [0.15, 0.2) is 0 Å². The van der Waals surface area contributed by atoms with E-state index in [1.54, 1.807) is 0 Å². The summed E-state index contributed by atoms with van der Waals surface area (Å²) in [5.74, 6) is 0.281. The lowest BCUT2D eigenvalue weighted by Crippen LogP contribution is -2.44. The molecule has 1 aliphatic rings. The highest BCUT2D eigenvalue weighted by Crippen LogP contribution is 2.24. The Balaban J connectivity index is 0.00000220. The number of hydrogen-bond donors (Lipinski definition) is 2. The van der Waals surface area contributed by atoms with Crippen LogP contribution in [-0.4, -0.2) is 25.5 Å². The molecule has 21 heavy (non-hydrogen) atoms. The van der Waals surface area contributed by atoms with E-state index >= 15 is 0 Å². The highest BCUT2D eigenvalue weighted by molar-refractivity contribution is 6.30. The molecule has 3 nitrogen and oxygen atoms in total. The van der Waals surface area contributed by atoms with Gasteiger partial charge in [0.05, 0.1) is 5.92 Å². The van der Waals surface area contributed by atoms with Gasteiger partial charge in [-0.15, -0.1) is 12.4 Å². The van der Waals surface area contributed by atoms with E-state index in [-0.39, 0.29) is 29.6 Å². The van der Waals surface area contributed by atoms with Crippen LogP contribution in [0.2, 0.25) is 5.02 Å². The normalized spacial score (nSPS) is 18.7. The van der Waals surface area contributed by atoms with Gasteiger partial charge in [-0.3, -0.25) is 4.79 Å². The third kappa shape index (κ3) is 5.17. The lowest BCUT2D eigenvalue weighted by atomic mass is 9.84. The first-order valence-electron chi connectivity index (χ1n) is 7.23. The molecule has 1 aliphatic heterocycles. The summed E-state index contributed by atoms with van der Waals surface area (Å²) in [5.41, 5.74) is 1.09. The number of nitrogens with one attached hydrogen (secondary N) is 2. The number of piperidine rings is 1. The number of hydrogen-bond acceptors (Lipinski definition) is 2. The van der Waals surface area contributed by atoms with E-state index < -0.39 is 0 Å². The van der Waals surface area contributed by atoms with Gasteiger partial charge in [0.25, 0.3) is 0 Å². The predicted molar refractivity (Wildman–Crippen MR) is 90.3 cm³/mol. The quantitative estimate of drug-likeness (QED) is 0.890. The molecule has 0 radical (unpaired) electrons. The summed E-state index contributed by atoms with van der Waals surface area (Å²) in [6.07, 6.45) is 2.07. The van der Waals surface area contributed by atoms with Crippen molar-refractivity contribution in [2.24, 2.45) is 5.92 Å². The Morgan fingerprint density at radius 2 is 2.05 bits per heavy atom. The highest BCUT2D eigenvalue weighted by Gasteiger charge is 2.25. The van der Waals surface area contributed by atoms with Crippen LogP contribution in [0.15, 0.2) is 24.3 Å². The van der Waals surface area contributed by atoms with E-state index in [0.29, 0.717) is 6.54 Å². The van der Waals surface area contributed by atoms with Crippen molar-refractivity contribution in [2.75, 3.05) is 19.6 Å². The smallest absolute Gasteiger partial charge is 0.224 e. The van der Waals surface area contributed by atoms with Crippen molar-refractivity contribution in [1.29, 1.82) is 0 Å². The molecule has 1 amide bonds. The molecule has 0 aliphatic carbocycles. The van der Waals surface area contributed by atoms with E-state index in [1.165, 1.54) is 5.56 Å². The third-order valence-electron chi connectivity index (χ3n) is 4.00. The van der Waals surface area contributed by atoms with Gasteiger partial charge in [-0.2, -0.15) is 0 Å². The minimum atomic E-state index is -0.0949. The average molecular weight is 331 g/mol. The number of carbonyl (C=O) groups excluding carboxylic acids is 1. The zero-order valence-electron chi connectivity index (χ0n) is 12.6. The molecule has 1 atom stereocenters. The number of carbonyl (C=O) groups is 1. The first kappa shape index (κ1) is 18.3. The fraction of sp³-hybridized carbons (Fsp3) is 0.562. The summed E-state index contributed by atoms with van der Waals surface area (Å²) in [5, 5.41) is 7.11. The molecule has 0 aromatic heterocycles. The van der Waals surface area contributed by atoms with Crippen molar-refractivity contribution in [3.05, 3.63) is 34.9 Å². The van der Waals surface area contributed by atoms with Crippen LogP contribution in [0.5, 0.6) is 0 Å². The van der Waals surface area contributed by atoms with Gasteiger partial charge in [0.1, 0.15) is 0 Å². The van der Waals surface area contributed by atoms with Crippen molar-refractivity contribution < 1.29 is 4.79 Å². The summed E-state index contributed by atoms with van der Waals surface area (Å²) >= 11 is 5.91. The van der Waals surface area contributed by atoms with Crippen molar-refractivity contribution >= 4 is 29.9 Å². The molecular weight excluding hydrogens is 307 g/mol. The predicted octanol–water partition coefficient (Wildman–Crippen LogP) is 3.16. The molecule has 2 rings (SSSR count). The second kappa shape index (κ2) is 8.02. The number of amides is 1. The van der Waals surface area contributed by atoms with Gasteiger partial charge in [0, 0.05) is 23.5 Å². The van der Waals surface area contributed by atoms with E-state index in [4.69, 9.17) is 11.6 Å². The Morgan fingerprint density at radius 1 is 1.38 bits per heavy atom. The Hall–Kier alpha value is -0.770. The minimum absolute atomic E-state index is 0. The van der Waals surface area contributed by atoms with Crippen LogP contribution in [-0.2, 0) is 10.2 Å². The first-order chi connectivity index (χ1) is 9.49. The maximum absolute atomic E-state index is 12.2. The Kier molecular flexibility index (Phi) is 6.98. The van der Waals surface area contributed by atoms with Crippen LogP contribution in [0.3, 0.4) is 0 Å². The molecule has 0 saturated carbocycles. The Morgan fingerprint density at radius 3 is 2.62 bits per heavy atom. The summed E-state index contributed by atoms with van der Waals surface area (Å²) in [7, 11) is 0. The van der Waals surface area contributed by atoms with Crippen molar-refractivity contribution in [3.63, 3.8) is 0 Å². The van der Waals surface area contributed by atoms with E-state index in [0.717, 1.165) is 31.0 Å². The number of benzene rings is 1. The minimum Gasteiger partial charge on any atom is -0.355 e. The molecule has 1 aromatic rings. The van der Waals surface area contributed by atoms with Crippen molar-refractivity contribution in [3.8, 4) is 0 Å². The van der Waals surface area contributed by atoms with Crippen LogP contribution in [0.1, 0.15) is 32.3 Å². The highest BCUT2D eigenvalue weighted by atomic mass is 35.5. The van der Waals surface area contributed by atoms with Gasteiger partial charge < -0.3 is 10.6 Å². The molecule has 1 unspecified atom stereocenters. The summed E-state index contributed by atoms with van der Waals surface area (Å²) in [4.78, 5) is 12.2. The van der Waals surface area contributed by atoms with Gasteiger partial charge in [-0.1, -0.05) is 37.6 Å². The number of halogens is 2. The van der Waals surface area contributed by atoms with E-state index in [9.17, 15) is 4.79 Å². The zero-order chi connectivity index (χ0) is 14.6. The standard InChI is InChI=1S/C16H23ClN2O.ClH/c1-16(2,13-5-7-14(17)8-6-13)11-19-15(20)12-4-3-9-18-10-12;/h5-8,12,18H,3-4,9-11H2,1-2H3,(H,19,20);1H. The summed E-state index contributed by atoms with van der Waals surface area (Å²) in [6.45, 7) is 6.74. The molecule has 5 heteroatoms. The van der Waals surface area contributed by atoms with Crippen LogP contribution >= 0.6 is 24.0 Å². The average Bonchev–Trinajstić information content (AvgIpc) is 2.46. The summed E-state index contributed by atoms with van der Waals surface area (Å²) in [6, 6.07) is 7.84. The van der Waals surface area contributed by atoms with Crippen LogP contribution in [0, 0.1) is 5.92 Å².